The number of allylic oxidation sites excluding steroid dienone is 2. The third-order valence-electron chi connectivity index (χ3n) is 1.87. The van der Waals surface area contributed by atoms with Gasteiger partial charge in [0.25, 0.3) is 0 Å². The van der Waals surface area contributed by atoms with Gasteiger partial charge in [0.15, 0.2) is 5.60 Å². The number of carbonyl (C=O) groups excluding carboxylic acids is 1. The van der Waals surface area contributed by atoms with Gasteiger partial charge in [-0.3, -0.25) is 0 Å². The minimum atomic E-state index is -0.681. The highest BCUT2D eigenvalue weighted by atomic mass is 16.6. The molecule has 1 aliphatic rings. The van der Waals surface area contributed by atoms with E-state index in [2.05, 4.69) is 13.2 Å². The molecule has 0 saturated carbocycles. The summed E-state index contributed by atoms with van der Waals surface area (Å²) in [5.74, 6) is -0.431. The van der Waals surface area contributed by atoms with E-state index in [0.717, 1.165) is 6.08 Å². The molecule has 0 saturated heterocycles. The lowest BCUT2D eigenvalue weighted by atomic mass is 9.95. The Bertz CT molecular complexity index is 286. The zero-order chi connectivity index (χ0) is 9.73. The molecule has 1 unspecified atom stereocenters. The van der Waals surface area contributed by atoms with E-state index < -0.39 is 11.6 Å². The van der Waals surface area contributed by atoms with Gasteiger partial charge in [-0.15, -0.1) is 0 Å². The third-order valence-corrected chi connectivity index (χ3v) is 1.87. The van der Waals surface area contributed by atoms with Crippen LogP contribution >= 0.6 is 0 Å². The molecule has 1 rings (SSSR count). The normalized spacial score (nSPS) is 25.2. The first kappa shape index (κ1) is 9.52. The Morgan fingerprint density at radius 1 is 1.46 bits per heavy atom. The average Bonchev–Trinajstić information content (AvgIpc) is 2.19. The number of ether oxygens (including phenoxy) is 1. The predicted molar refractivity (Wildman–Crippen MR) is 52.1 cm³/mol. The molecule has 13 heavy (non-hydrogen) atoms. The summed E-state index contributed by atoms with van der Waals surface area (Å²) in [6.07, 6.45) is 10.9. The maximum atomic E-state index is 11.0. The first-order valence-electron chi connectivity index (χ1n) is 4.06. The molecule has 0 heterocycles. The van der Waals surface area contributed by atoms with Gasteiger partial charge in [0.05, 0.1) is 0 Å². The standard InChI is InChI=1S/C11H12O2/c1-3-10(12)13-11(4-2)8-6-5-7-9-11/h3-8H,1-2,9H2. The minimum absolute atomic E-state index is 0.431. The fourth-order valence-electron chi connectivity index (χ4n) is 1.11. The summed E-state index contributed by atoms with van der Waals surface area (Å²) in [6, 6.07) is 0. The second-order valence-electron chi connectivity index (χ2n) is 2.78. The molecule has 0 aromatic heterocycles. The zero-order valence-electron chi connectivity index (χ0n) is 7.40. The van der Waals surface area contributed by atoms with Crippen molar-refractivity contribution in [2.45, 2.75) is 12.0 Å². The van der Waals surface area contributed by atoms with Gasteiger partial charge in [0.2, 0.25) is 0 Å². The lowest BCUT2D eigenvalue weighted by Gasteiger charge is -2.26. The second-order valence-corrected chi connectivity index (χ2v) is 2.78. The summed E-state index contributed by atoms with van der Waals surface area (Å²) < 4.78 is 5.16. The first-order chi connectivity index (χ1) is 6.22. The summed E-state index contributed by atoms with van der Waals surface area (Å²) in [5.41, 5.74) is -0.681. The van der Waals surface area contributed by atoms with Crippen molar-refractivity contribution in [2.75, 3.05) is 0 Å². The monoisotopic (exact) mass is 176 g/mol. The Labute approximate surface area is 77.9 Å². The molecule has 1 aliphatic carbocycles. The number of rotatable bonds is 3. The summed E-state index contributed by atoms with van der Waals surface area (Å²) in [7, 11) is 0. The van der Waals surface area contributed by atoms with E-state index in [9.17, 15) is 4.79 Å². The largest absolute Gasteiger partial charge is 0.447 e. The Hall–Kier alpha value is -1.57. The van der Waals surface area contributed by atoms with E-state index in [4.69, 9.17) is 4.74 Å². The third kappa shape index (κ3) is 2.18. The summed E-state index contributed by atoms with van der Waals surface area (Å²) in [4.78, 5) is 11.0. The van der Waals surface area contributed by atoms with E-state index in [1.165, 1.54) is 0 Å². The van der Waals surface area contributed by atoms with Gasteiger partial charge in [-0.2, -0.15) is 0 Å². The SMILES string of the molecule is C=CC(=O)OC1(C=C)C=CC=CC1. The van der Waals surface area contributed by atoms with Crippen LogP contribution in [0.1, 0.15) is 6.42 Å². The van der Waals surface area contributed by atoms with Crippen LogP contribution in [-0.4, -0.2) is 11.6 Å². The fourth-order valence-corrected chi connectivity index (χ4v) is 1.11. The molecule has 1 atom stereocenters. The quantitative estimate of drug-likeness (QED) is 0.374. The first-order valence-corrected chi connectivity index (χ1v) is 4.06. The van der Waals surface area contributed by atoms with E-state index in [-0.39, 0.29) is 0 Å². The molecular weight excluding hydrogens is 164 g/mol. The van der Waals surface area contributed by atoms with Gasteiger partial charge in [-0.1, -0.05) is 31.4 Å². The van der Waals surface area contributed by atoms with Crippen LogP contribution in [0.3, 0.4) is 0 Å². The fraction of sp³-hybridized carbons (Fsp3) is 0.182. The van der Waals surface area contributed by atoms with Crippen molar-refractivity contribution >= 4 is 5.97 Å². The van der Waals surface area contributed by atoms with Crippen LogP contribution in [0.15, 0.2) is 49.6 Å². The van der Waals surface area contributed by atoms with Crippen molar-refractivity contribution < 1.29 is 9.53 Å². The average molecular weight is 176 g/mol. The van der Waals surface area contributed by atoms with Crippen LogP contribution in [0.25, 0.3) is 0 Å². The van der Waals surface area contributed by atoms with E-state index in [1.807, 2.05) is 18.2 Å². The maximum absolute atomic E-state index is 11.0. The predicted octanol–water partition coefficient (Wildman–Crippen LogP) is 2.16. The van der Waals surface area contributed by atoms with E-state index in [0.29, 0.717) is 6.42 Å². The van der Waals surface area contributed by atoms with Crippen LogP contribution in [0.4, 0.5) is 0 Å². The Morgan fingerprint density at radius 2 is 2.23 bits per heavy atom. The molecule has 0 N–H and O–H groups in total. The van der Waals surface area contributed by atoms with Crippen LogP contribution in [0.5, 0.6) is 0 Å². The van der Waals surface area contributed by atoms with Crippen molar-refractivity contribution in [3.8, 4) is 0 Å². The van der Waals surface area contributed by atoms with Crippen LogP contribution < -0.4 is 0 Å². The molecule has 0 bridgehead atoms. The van der Waals surface area contributed by atoms with Gasteiger partial charge >= 0.3 is 5.97 Å². The van der Waals surface area contributed by atoms with Crippen molar-refractivity contribution in [3.63, 3.8) is 0 Å². The van der Waals surface area contributed by atoms with Crippen molar-refractivity contribution in [1.29, 1.82) is 0 Å². The lowest BCUT2D eigenvalue weighted by Crippen LogP contribution is -2.30. The van der Waals surface area contributed by atoms with Crippen LogP contribution in [0, 0.1) is 0 Å². The molecule has 0 fully saturated rings. The molecule has 0 spiro atoms. The summed E-state index contributed by atoms with van der Waals surface area (Å²) >= 11 is 0. The number of esters is 1. The van der Waals surface area contributed by atoms with Gasteiger partial charge in [0.1, 0.15) is 0 Å². The molecule has 0 aromatic carbocycles. The lowest BCUT2D eigenvalue weighted by molar-refractivity contribution is -0.145. The number of carbonyl (C=O) groups is 1. The van der Waals surface area contributed by atoms with Gasteiger partial charge in [0, 0.05) is 12.5 Å². The van der Waals surface area contributed by atoms with Crippen LogP contribution in [0.2, 0.25) is 0 Å². The molecule has 0 radical (unpaired) electrons. The van der Waals surface area contributed by atoms with E-state index in [1.54, 1.807) is 12.2 Å². The highest BCUT2D eigenvalue weighted by Gasteiger charge is 2.26. The second kappa shape index (κ2) is 3.90. The molecule has 0 aromatic rings. The van der Waals surface area contributed by atoms with Gasteiger partial charge in [-0.05, 0) is 12.2 Å². The van der Waals surface area contributed by atoms with Crippen molar-refractivity contribution in [1.82, 2.24) is 0 Å². The number of hydrogen-bond acceptors (Lipinski definition) is 2. The number of hydrogen-bond donors (Lipinski definition) is 0. The van der Waals surface area contributed by atoms with E-state index >= 15 is 0 Å². The maximum Gasteiger partial charge on any atom is 0.331 e. The van der Waals surface area contributed by atoms with Gasteiger partial charge in [-0.25, -0.2) is 4.79 Å². The Kier molecular flexibility index (Phi) is 2.85. The molecule has 0 amide bonds. The van der Waals surface area contributed by atoms with Crippen LogP contribution in [-0.2, 0) is 9.53 Å². The summed E-state index contributed by atoms with van der Waals surface area (Å²) in [6.45, 7) is 6.99. The molecule has 2 nitrogen and oxygen atoms in total. The molecule has 0 aliphatic heterocycles. The smallest absolute Gasteiger partial charge is 0.331 e. The Balaban J connectivity index is 2.76. The summed E-state index contributed by atoms with van der Waals surface area (Å²) in [5, 5.41) is 0. The highest BCUT2D eigenvalue weighted by Crippen LogP contribution is 2.23. The Morgan fingerprint density at radius 3 is 2.69 bits per heavy atom. The molecule has 68 valence electrons. The molecular formula is C11H12O2. The highest BCUT2D eigenvalue weighted by molar-refractivity contribution is 5.82. The topological polar surface area (TPSA) is 26.3 Å². The zero-order valence-corrected chi connectivity index (χ0v) is 7.40. The van der Waals surface area contributed by atoms with Gasteiger partial charge < -0.3 is 4.74 Å². The van der Waals surface area contributed by atoms with Crippen molar-refractivity contribution in [2.24, 2.45) is 0 Å². The minimum Gasteiger partial charge on any atom is -0.447 e. The molecule has 2 heteroatoms. The van der Waals surface area contributed by atoms with Crippen molar-refractivity contribution in [3.05, 3.63) is 49.6 Å².